The zero-order chi connectivity index (χ0) is 14.7. The molecule has 6 nitrogen and oxygen atoms in total. The summed E-state index contributed by atoms with van der Waals surface area (Å²) in [4.78, 5) is 18.3. The van der Waals surface area contributed by atoms with Gasteiger partial charge in [0.05, 0.1) is 24.9 Å². The third kappa shape index (κ3) is 2.95. The summed E-state index contributed by atoms with van der Waals surface area (Å²) in [6.45, 7) is 4.55. The second kappa shape index (κ2) is 6.05. The standard InChI is InChI=1S/C15H18N4O2/c1-2-19-10-13(9-17-19)14-11-18(6-7-21-14)15(20)12-4-3-5-16-8-12/h3-5,8-10,14H,2,6-7,11H2,1H3/t14-/m0/s1. The van der Waals surface area contributed by atoms with E-state index in [1.165, 1.54) is 0 Å². The van der Waals surface area contributed by atoms with Gasteiger partial charge < -0.3 is 9.64 Å². The first-order valence-electron chi connectivity index (χ1n) is 7.11. The highest BCUT2D eigenvalue weighted by atomic mass is 16.5. The highest BCUT2D eigenvalue weighted by molar-refractivity contribution is 5.93. The Morgan fingerprint density at radius 1 is 1.48 bits per heavy atom. The highest BCUT2D eigenvalue weighted by Crippen LogP contribution is 2.22. The van der Waals surface area contributed by atoms with Gasteiger partial charge in [0.2, 0.25) is 0 Å². The Balaban J connectivity index is 1.72. The fourth-order valence-electron chi connectivity index (χ4n) is 2.43. The summed E-state index contributed by atoms with van der Waals surface area (Å²) < 4.78 is 7.64. The highest BCUT2D eigenvalue weighted by Gasteiger charge is 2.26. The minimum atomic E-state index is -0.111. The summed E-state index contributed by atoms with van der Waals surface area (Å²) in [6, 6.07) is 3.56. The molecule has 0 bridgehead atoms. The van der Waals surface area contributed by atoms with E-state index >= 15 is 0 Å². The van der Waals surface area contributed by atoms with Crippen LogP contribution in [0.15, 0.2) is 36.9 Å². The first kappa shape index (κ1) is 13.8. The monoisotopic (exact) mass is 286 g/mol. The number of aryl methyl sites for hydroxylation is 1. The fourth-order valence-corrected chi connectivity index (χ4v) is 2.43. The number of pyridine rings is 1. The lowest BCUT2D eigenvalue weighted by Crippen LogP contribution is -2.42. The van der Waals surface area contributed by atoms with Crippen molar-refractivity contribution < 1.29 is 9.53 Å². The molecular weight excluding hydrogens is 268 g/mol. The predicted octanol–water partition coefficient (Wildman–Crippen LogP) is 1.51. The van der Waals surface area contributed by atoms with Crippen LogP contribution in [0.1, 0.15) is 28.9 Å². The zero-order valence-electron chi connectivity index (χ0n) is 12.0. The average molecular weight is 286 g/mol. The third-order valence-electron chi connectivity index (χ3n) is 3.61. The number of ether oxygens (including phenoxy) is 1. The van der Waals surface area contributed by atoms with Gasteiger partial charge in [-0.25, -0.2) is 0 Å². The maximum absolute atomic E-state index is 12.4. The van der Waals surface area contributed by atoms with Crippen molar-refractivity contribution in [3.63, 3.8) is 0 Å². The third-order valence-corrected chi connectivity index (χ3v) is 3.61. The number of hydrogen-bond acceptors (Lipinski definition) is 4. The Labute approximate surface area is 123 Å². The van der Waals surface area contributed by atoms with E-state index in [2.05, 4.69) is 10.1 Å². The van der Waals surface area contributed by atoms with Crippen molar-refractivity contribution in [2.75, 3.05) is 19.7 Å². The van der Waals surface area contributed by atoms with Gasteiger partial charge in [0.25, 0.3) is 5.91 Å². The van der Waals surface area contributed by atoms with E-state index in [1.54, 1.807) is 24.5 Å². The summed E-state index contributed by atoms with van der Waals surface area (Å²) in [5, 5.41) is 4.26. The van der Waals surface area contributed by atoms with Crippen molar-refractivity contribution in [1.29, 1.82) is 0 Å². The summed E-state index contributed by atoms with van der Waals surface area (Å²) in [7, 11) is 0. The minimum Gasteiger partial charge on any atom is -0.370 e. The Hall–Kier alpha value is -2.21. The van der Waals surface area contributed by atoms with Crippen molar-refractivity contribution in [2.24, 2.45) is 0 Å². The molecule has 0 saturated carbocycles. The molecule has 1 atom stereocenters. The number of aromatic nitrogens is 3. The maximum Gasteiger partial charge on any atom is 0.255 e. The molecule has 0 unspecified atom stereocenters. The molecular formula is C15H18N4O2. The molecule has 1 fully saturated rings. The van der Waals surface area contributed by atoms with E-state index in [1.807, 2.05) is 28.9 Å². The number of carbonyl (C=O) groups excluding carboxylic acids is 1. The number of rotatable bonds is 3. The van der Waals surface area contributed by atoms with Gasteiger partial charge in [0.1, 0.15) is 6.10 Å². The Bertz CT molecular complexity index is 611. The topological polar surface area (TPSA) is 60.2 Å². The maximum atomic E-state index is 12.4. The van der Waals surface area contributed by atoms with E-state index in [-0.39, 0.29) is 12.0 Å². The fraction of sp³-hybridized carbons (Fsp3) is 0.400. The summed E-state index contributed by atoms with van der Waals surface area (Å²) in [6.07, 6.45) is 6.94. The molecule has 1 saturated heterocycles. The number of amides is 1. The molecule has 0 aromatic carbocycles. The van der Waals surface area contributed by atoms with Crippen LogP contribution in [0.3, 0.4) is 0 Å². The lowest BCUT2D eigenvalue weighted by Gasteiger charge is -2.32. The van der Waals surface area contributed by atoms with E-state index < -0.39 is 0 Å². The Kier molecular flexibility index (Phi) is 3.96. The summed E-state index contributed by atoms with van der Waals surface area (Å²) in [5.41, 5.74) is 1.63. The van der Waals surface area contributed by atoms with Crippen LogP contribution in [0.5, 0.6) is 0 Å². The van der Waals surface area contributed by atoms with Gasteiger partial charge in [0.15, 0.2) is 0 Å². The van der Waals surface area contributed by atoms with Crippen LogP contribution in [0.4, 0.5) is 0 Å². The number of hydrogen-bond donors (Lipinski definition) is 0. The van der Waals surface area contributed by atoms with E-state index in [0.29, 0.717) is 25.3 Å². The van der Waals surface area contributed by atoms with Crippen LogP contribution in [0.25, 0.3) is 0 Å². The molecule has 1 aliphatic rings. The van der Waals surface area contributed by atoms with Gasteiger partial charge in [-0.15, -0.1) is 0 Å². The normalized spacial score (nSPS) is 18.7. The molecule has 0 N–H and O–H groups in total. The van der Waals surface area contributed by atoms with Crippen molar-refractivity contribution in [3.8, 4) is 0 Å². The minimum absolute atomic E-state index is 0.000664. The first-order valence-corrected chi connectivity index (χ1v) is 7.11. The molecule has 1 aliphatic heterocycles. The zero-order valence-corrected chi connectivity index (χ0v) is 12.0. The van der Waals surface area contributed by atoms with Crippen molar-refractivity contribution in [3.05, 3.63) is 48.0 Å². The molecule has 3 heterocycles. The van der Waals surface area contributed by atoms with Crippen LogP contribution in [-0.4, -0.2) is 45.3 Å². The molecule has 2 aromatic heterocycles. The molecule has 2 aromatic rings. The van der Waals surface area contributed by atoms with Gasteiger partial charge in [0, 0.05) is 37.2 Å². The molecule has 21 heavy (non-hydrogen) atoms. The van der Waals surface area contributed by atoms with Crippen molar-refractivity contribution >= 4 is 5.91 Å². The largest absolute Gasteiger partial charge is 0.370 e. The van der Waals surface area contributed by atoms with Crippen LogP contribution in [0.2, 0.25) is 0 Å². The van der Waals surface area contributed by atoms with E-state index in [9.17, 15) is 4.79 Å². The molecule has 3 rings (SSSR count). The quantitative estimate of drug-likeness (QED) is 0.858. The number of carbonyl (C=O) groups is 1. The van der Waals surface area contributed by atoms with Crippen molar-refractivity contribution in [2.45, 2.75) is 19.6 Å². The molecule has 110 valence electrons. The Morgan fingerprint density at radius 3 is 3.10 bits per heavy atom. The van der Waals surface area contributed by atoms with Gasteiger partial charge in [-0.05, 0) is 19.1 Å². The predicted molar refractivity (Wildman–Crippen MR) is 76.7 cm³/mol. The van der Waals surface area contributed by atoms with E-state index in [4.69, 9.17) is 4.74 Å². The lowest BCUT2D eigenvalue weighted by molar-refractivity contribution is -0.0228. The van der Waals surface area contributed by atoms with Gasteiger partial charge in [-0.2, -0.15) is 5.10 Å². The first-order chi connectivity index (χ1) is 10.3. The number of nitrogens with zero attached hydrogens (tertiary/aromatic N) is 4. The molecule has 1 amide bonds. The van der Waals surface area contributed by atoms with Crippen molar-refractivity contribution in [1.82, 2.24) is 19.7 Å². The molecule has 0 spiro atoms. The van der Waals surface area contributed by atoms with Crippen LogP contribution >= 0.6 is 0 Å². The smallest absolute Gasteiger partial charge is 0.255 e. The van der Waals surface area contributed by atoms with Crippen LogP contribution < -0.4 is 0 Å². The number of morpholine rings is 1. The second-order valence-electron chi connectivity index (χ2n) is 4.98. The lowest BCUT2D eigenvalue weighted by atomic mass is 10.1. The van der Waals surface area contributed by atoms with Gasteiger partial charge in [-0.1, -0.05) is 0 Å². The molecule has 0 aliphatic carbocycles. The molecule has 0 radical (unpaired) electrons. The SMILES string of the molecule is CCn1cc([C@@H]2CN(C(=O)c3cccnc3)CCO2)cn1. The van der Waals surface area contributed by atoms with Gasteiger partial charge >= 0.3 is 0 Å². The second-order valence-corrected chi connectivity index (χ2v) is 4.98. The summed E-state index contributed by atoms with van der Waals surface area (Å²) in [5.74, 6) is -0.000664. The molecule has 6 heteroatoms. The van der Waals surface area contributed by atoms with E-state index in [0.717, 1.165) is 12.1 Å². The Morgan fingerprint density at radius 2 is 2.38 bits per heavy atom. The summed E-state index contributed by atoms with van der Waals surface area (Å²) >= 11 is 0. The van der Waals surface area contributed by atoms with Gasteiger partial charge in [-0.3, -0.25) is 14.5 Å². The van der Waals surface area contributed by atoms with Crippen LogP contribution in [-0.2, 0) is 11.3 Å². The average Bonchev–Trinajstić information content (AvgIpc) is 3.04. The van der Waals surface area contributed by atoms with Crippen LogP contribution in [0, 0.1) is 0 Å².